The Balaban J connectivity index is 2.45. The summed E-state index contributed by atoms with van der Waals surface area (Å²) in [6.45, 7) is 0. The van der Waals surface area contributed by atoms with Crippen molar-refractivity contribution >= 4 is 6.08 Å². The van der Waals surface area contributed by atoms with Gasteiger partial charge in [0.15, 0.2) is 0 Å². The normalized spacial score (nSPS) is 20.4. The number of benzene rings is 1. The van der Waals surface area contributed by atoms with Crippen LogP contribution in [0.4, 0.5) is 13.2 Å². The molecule has 0 aliphatic heterocycles. The third-order valence-electron chi connectivity index (χ3n) is 2.15. The van der Waals surface area contributed by atoms with Gasteiger partial charge in [0.25, 0.3) is 0 Å². The van der Waals surface area contributed by atoms with Crippen LogP contribution in [0.1, 0.15) is 17.0 Å². The number of halogens is 3. The van der Waals surface area contributed by atoms with Crippen molar-refractivity contribution in [3.63, 3.8) is 0 Å². The molecule has 0 fully saturated rings. The number of rotatable bonds is 0. The predicted octanol–water partition coefficient (Wildman–Crippen LogP) is 3.36. The van der Waals surface area contributed by atoms with Crippen molar-refractivity contribution in [2.45, 2.75) is 12.1 Å². The van der Waals surface area contributed by atoms with Crippen LogP contribution >= 0.6 is 0 Å². The summed E-state index contributed by atoms with van der Waals surface area (Å²) in [5, 5.41) is 0. The van der Waals surface area contributed by atoms with Gasteiger partial charge in [-0.15, -0.1) is 0 Å². The van der Waals surface area contributed by atoms with E-state index < -0.39 is 12.1 Å². The number of allylic oxidation sites excluding steroid dienone is 1. The molecule has 0 N–H and O–H groups in total. The Bertz CT molecular complexity index is 349. The Morgan fingerprint density at radius 3 is 2.46 bits per heavy atom. The highest BCUT2D eigenvalue weighted by Gasteiger charge is 2.41. The first kappa shape index (κ1) is 8.35. The Labute approximate surface area is 73.7 Å². The fourth-order valence-electron chi connectivity index (χ4n) is 1.53. The quantitative estimate of drug-likeness (QED) is 0.580. The zero-order valence-corrected chi connectivity index (χ0v) is 6.68. The molecule has 1 aromatic carbocycles. The van der Waals surface area contributed by atoms with Gasteiger partial charge in [0, 0.05) is 0 Å². The summed E-state index contributed by atoms with van der Waals surface area (Å²) in [5.74, 6) is -1.41. The second-order valence-corrected chi connectivity index (χ2v) is 3.01. The number of hydrogen-bond acceptors (Lipinski definition) is 0. The molecule has 0 radical (unpaired) electrons. The number of hydrogen-bond donors (Lipinski definition) is 0. The fourth-order valence-corrected chi connectivity index (χ4v) is 1.53. The van der Waals surface area contributed by atoms with Gasteiger partial charge in [0.05, 0.1) is 5.92 Å². The van der Waals surface area contributed by atoms with Crippen LogP contribution in [0.25, 0.3) is 6.08 Å². The van der Waals surface area contributed by atoms with Crippen molar-refractivity contribution in [2.24, 2.45) is 0 Å². The molecule has 0 amide bonds. The maximum atomic E-state index is 12.4. The van der Waals surface area contributed by atoms with E-state index in [4.69, 9.17) is 0 Å². The van der Waals surface area contributed by atoms with Crippen LogP contribution in [-0.4, -0.2) is 6.18 Å². The van der Waals surface area contributed by atoms with Crippen LogP contribution in [0.2, 0.25) is 0 Å². The first-order chi connectivity index (χ1) is 6.09. The van der Waals surface area contributed by atoms with E-state index >= 15 is 0 Å². The molecule has 1 aliphatic carbocycles. The van der Waals surface area contributed by atoms with Crippen LogP contribution in [0.15, 0.2) is 30.3 Å². The topological polar surface area (TPSA) is 0 Å². The first-order valence-electron chi connectivity index (χ1n) is 3.93. The largest absolute Gasteiger partial charge is 0.399 e. The second kappa shape index (κ2) is 2.62. The third kappa shape index (κ3) is 1.34. The molecule has 68 valence electrons. The third-order valence-corrected chi connectivity index (χ3v) is 2.15. The van der Waals surface area contributed by atoms with E-state index in [1.54, 1.807) is 18.2 Å². The summed E-state index contributed by atoms with van der Waals surface area (Å²) in [6.07, 6.45) is -1.44. The standard InChI is InChI=1S/C10H7F3/c11-10(12,13)9-6-5-7-3-1-2-4-8(7)9/h1-6,9H/t9-/m0/s1. The molecule has 13 heavy (non-hydrogen) atoms. The Kier molecular flexibility index (Phi) is 1.68. The average Bonchev–Trinajstić information content (AvgIpc) is 2.45. The summed E-state index contributed by atoms with van der Waals surface area (Å²) in [7, 11) is 0. The average molecular weight is 184 g/mol. The zero-order valence-electron chi connectivity index (χ0n) is 6.68. The van der Waals surface area contributed by atoms with Crippen LogP contribution in [0, 0.1) is 0 Å². The zero-order chi connectivity index (χ0) is 9.47. The molecular formula is C10H7F3. The lowest BCUT2D eigenvalue weighted by atomic mass is 10.0. The Morgan fingerprint density at radius 2 is 1.77 bits per heavy atom. The lowest BCUT2D eigenvalue weighted by Gasteiger charge is -2.14. The van der Waals surface area contributed by atoms with Gasteiger partial charge >= 0.3 is 6.18 Å². The highest BCUT2D eigenvalue weighted by Crippen LogP contribution is 2.41. The number of alkyl halides is 3. The smallest absolute Gasteiger partial charge is 0.170 e. The van der Waals surface area contributed by atoms with Crippen LogP contribution in [0.5, 0.6) is 0 Å². The van der Waals surface area contributed by atoms with Gasteiger partial charge in [-0.3, -0.25) is 0 Å². The minimum atomic E-state index is -4.16. The molecular weight excluding hydrogens is 177 g/mol. The molecule has 0 nitrogen and oxygen atoms in total. The minimum absolute atomic E-state index is 0.356. The van der Waals surface area contributed by atoms with E-state index in [1.807, 2.05) is 0 Å². The van der Waals surface area contributed by atoms with Gasteiger partial charge in [-0.25, -0.2) is 0 Å². The van der Waals surface area contributed by atoms with Gasteiger partial charge in [0.2, 0.25) is 0 Å². The van der Waals surface area contributed by atoms with Gasteiger partial charge < -0.3 is 0 Å². The van der Waals surface area contributed by atoms with Crippen molar-refractivity contribution in [1.29, 1.82) is 0 Å². The van der Waals surface area contributed by atoms with Gasteiger partial charge in [-0.1, -0.05) is 36.4 Å². The molecule has 0 bridgehead atoms. The van der Waals surface area contributed by atoms with E-state index in [2.05, 4.69) is 0 Å². The number of fused-ring (bicyclic) bond motifs is 1. The Morgan fingerprint density at radius 1 is 1.08 bits per heavy atom. The molecule has 1 atom stereocenters. The van der Waals surface area contributed by atoms with E-state index in [0.29, 0.717) is 11.1 Å². The van der Waals surface area contributed by atoms with Gasteiger partial charge in [-0.2, -0.15) is 13.2 Å². The first-order valence-corrected chi connectivity index (χ1v) is 3.93. The molecule has 0 heterocycles. The van der Waals surface area contributed by atoms with Crippen molar-refractivity contribution in [3.8, 4) is 0 Å². The fraction of sp³-hybridized carbons (Fsp3) is 0.200. The maximum absolute atomic E-state index is 12.4. The summed E-state index contributed by atoms with van der Waals surface area (Å²) in [5.41, 5.74) is 1.03. The van der Waals surface area contributed by atoms with E-state index in [9.17, 15) is 13.2 Å². The van der Waals surface area contributed by atoms with Crippen molar-refractivity contribution in [1.82, 2.24) is 0 Å². The Hall–Kier alpha value is -1.25. The van der Waals surface area contributed by atoms with Crippen molar-refractivity contribution < 1.29 is 13.2 Å². The molecule has 3 heteroatoms. The summed E-state index contributed by atoms with van der Waals surface area (Å²) in [4.78, 5) is 0. The van der Waals surface area contributed by atoms with Crippen LogP contribution in [0.3, 0.4) is 0 Å². The summed E-state index contributed by atoms with van der Waals surface area (Å²) < 4.78 is 37.2. The van der Waals surface area contributed by atoms with Crippen molar-refractivity contribution in [3.05, 3.63) is 41.5 Å². The predicted molar refractivity (Wildman–Crippen MR) is 44.3 cm³/mol. The molecule has 0 unspecified atom stereocenters. The monoisotopic (exact) mass is 184 g/mol. The summed E-state index contributed by atoms with van der Waals surface area (Å²) >= 11 is 0. The van der Waals surface area contributed by atoms with Crippen LogP contribution in [-0.2, 0) is 0 Å². The summed E-state index contributed by atoms with van der Waals surface area (Å²) in [6, 6.07) is 6.58. The molecule has 1 aliphatic rings. The molecule has 0 saturated carbocycles. The SMILES string of the molecule is FC(F)(F)[C@H]1C=Cc2ccccc21. The van der Waals surface area contributed by atoms with Gasteiger partial charge in [0.1, 0.15) is 0 Å². The molecule has 1 aromatic rings. The lowest BCUT2D eigenvalue weighted by Crippen LogP contribution is -2.17. The molecule has 0 spiro atoms. The van der Waals surface area contributed by atoms with Crippen LogP contribution < -0.4 is 0 Å². The highest BCUT2D eigenvalue weighted by atomic mass is 19.4. The van der Waals surface area contributed by atoms with Gasteiger partial charge in [-0.05, 0) is 11.1 Å². The van der Waals surface area contributed by atoms with E-state index in [0.717, 1.165) is 0 Å². The molecule has 2 rings (SSSR count). The van der Waals surface area contributed by atoms with Crippen molar-refractivity contribution in [2.75, 3.05) is 0 Å². The molecule has 0 aromatic heterocycles. The maximum Gasteiger partial charge on any atom is 0.399 e. The molecule has 0 saturated heterocycles. The van der Waals surface area contributed by atoms with E-state index in [-0.39, 0.29) is 0 Å². The minimum Gasteiger partial charge on any atom is -0.170 e. The lowest BCUT2D eigenvalue weighted by molar-refractivity contribution is -0.138. The van der Waals surface area contributed by atoms with E-state index in [1.165, 1.54) is 18.2 Å². The second-order valence-electron chi connectivity index (χ2n) is 3.01. The highest BCUT2D eigenvalue weighted by molar-refractivity contribution is 5.62.